The Hall–Kier alpha value is -3.83. The Labute approximate surface area is 173 Å². The van der Waals surface area contributed by atoms with E-state index in [2.05, 4.69) is 21.8 Å². The number of amides is 1. The van der Waals surface area contributed by atoms with E-state index >= 15 is 0 Å². The molecular formula is C22H21N5O3. The summed E-state index contributed by atoms with van der Waals surface area (Å²) < 4.78 is 6.61. The molecule has 3 N–H and O–H groups in total. The number of hydrogen-bond acceptors (Lipinski definition) is 6. The summed E-state index contributed by atoms with van der Waals surface area (Å²) in [5.41, 5.74) is -0.104. The third-order valence-corrected chi connectivity index (χ3v) is 5.34. The average Bonchev–Trinajstić information content (AvgIpc) is 3.18. The Morgan fingerprint density at radius 3 is 2.67 bits per heavy atom. The smallest absolute Gasteiger partial charge is 0.234 e. The molecule has 0 saturated carbocycles. The van der Waals surface area contributed by atoms with E-state index in [1.165, 1.54) is 24.9 Å². The van der Waals surface area contributed by atoms with Gasteiger partial charge in [0.25, 0.3) is 0 Å². The number of nitrogens with zero attached hydrogens (tertiary/aromatic N) is 3. The van der Waals surface area contributed by atoms with Crippen LogP contribution in [0.25, 0.3) is 0 Å². The summed E-state index contributed by atoms with van der Waals surface area (Å²) in [5.74, 6) is -0.482. The molecule has 1 aromatic heterocycles. The zero-order chi connectivity index (χ0) is 21.3. The maximum absolute atomic E-state index is 13.4. The average molecular weight is 403 g/mol. The van der Waals surface area contributed by atoms with Crippen LogP contribution in [-0.2, 0) is 10.5 Å². The third-order valence-electron chi connectivity index (χ3n) is 5.34. The third kappa shape index (κ3) is 3.15. The van der Waals surface area contributed by atoms with Crippen molar-refractivity contribution >= 4 is 17.4 Å². The van der Waals surface area contributed by atoms with Crippen molar-refractivity contribution < 1.29 is 14.6 Å². The highest BCUT2D eigenvalue weighted by Crippen LogP contribution is 2.44. The number of anilines is 2. The molecule has 0 bridgehead atoms. The molecule has 30 heavy (non-hydrogen) atoms. The highest BCUT2D eigenvalue weighted by Gasteiger charge is 2.50. The number of ether oxygens (including phenoxy) is 1. The second-order valence-corrected chi connectivity index (χ2v) is 7.22. The van der Waals surface area contributed by atoms with E-state index in [9.17, 15) is 15.2 Å². The Morgan fingerprint density at radius 2 is 1.97 bits per heavy atom. The summed E-state index contributed by atoms with van der Waals surface area (Å²) >= 11 is 0. The molecule has 0 fully saturated rings. The fourth-order valence-corrected chi connectivity index (χ4v) is 3.88. The Balaban J connectivity index is 1.80. The van der Waals surface area contributed by atoms with Crippen LogP contribution in [0, 0.1) is 17.2 Å². The number of nitrogens with one attached hydrogen (secondary N) is 2. The van der Waals surface area contributed by atoms with Crippen LogP contribution < -0.4 is 15.4 Å². The van der Waals surface area contributed by atoms with Gasteiger partial charge in [-0.2, -0.15) is 10.4 Å². The molecule has 8 nitrogen and oxygen atoms in total. The molecule has 2 heterocycles. The first-order valence-electron chi connectivity index (χ1n) is 9.43. The Bertz CT molecular complexity index is 1120. The number of carbonyl (C=O) groups is 1. The standard InChI is InChI=1S/C22H21N5O3/c1-22(29)18(21(28)25-16-10-6-7-11-17(16)30-2)19(14-8-4-3-5-9-14)26-20-15(12-23)13-24-27(20)22/h3-11,13,18-19,26,29H,1-2H3,(H,25,28)/t18-,19+,22+/m0/s1. The first-order chi connectivity index (χ1) is 14.5. The van der Waals surface area contributed by atoms with Gasteiger partial charge >= 0.3 is 0 Å². The normalized spacial score (nSPS) is 22.3. The molecule has 1 aliphatic rings. The van der Waals surface area contributed by atoms with E-state index < -0.39 is 23.6 Å². The zero-order valence-electron chi connectivity index (χ0n) is 16.5. The maximum atomic E-state index is 13.4. The van der Waals surface area contributed by atoms with Crippen molar-refractivity contribution in [3.05, 3.63) is 71.9 Å². The van der Waals surface area contributed by atoms with Crippen LogP contribution in [0.1, 0.15) is 24.1 Å². The maximum Gasteiger partial charge on any atom is 0.234 e. The molecule has 2 aromatic carbocycles. The van der Waals surface area contributed by atoms with Crippen LogP contribution in [0.5, 0.6) is 5.75 Å². The minimum absolute atomic E-state index is 0.291. The van der Waals surface area contributed by atoms with Crippen LogP contribution in [0.2, 0.25) is 0 Å². The van der Waals surface area contributed by atoms with Gasteiger partial charge in [0, 0.05) is 0 Å². The zero-order valence-corrected chi connectivity index (χ0v) is 16.5. The minimum Gasteiger partial charge on any atom is -0.495 e. The lowest BCUT2D eigenvalue weighted by Crippen LogP contribution is -2.53. The van der Waals surface area contributed by atoms with E-state index in [0.29, 0.717) is 22.8 Å². The number of benzene rings is 2. The number of aliphatic hydroxyl groups is 1. The van der Waals surface area contributed by atoms with E-state index in [1.54, 1.807) is 24.3 Å². The van der Waals surface area contributed by atoms with Crippen LogP contribution in [0.3, 0.4) is 0 Å². The lowest BCUT2D eigenvalue weighted by molar-refractivity contribution is -0.143. The first-order valence-corrected chi connectivity index (χ1v) is 9.43. The molecule has 3 atom stereocenters. The van der Waals surface area contributed by atoms with Gasteiger partial charge in [0.05, 0.1) is 25.0 Å². The Morgan fingerprint density at radius 1 is 1.27 bits per heavy atom. The van der Waals surface area contributed by atoms with Gasteiger partial charge in [0.2, 0.25) is 5.91 Å². The van der Waals surface area contributed by atoms with Crippen molar-refractivity contribution in [2.24, 2.45) is 5.92 Å². The fourth-order valence-electron chi connectivity index (χ4n) is 3.88. The van der Waals surface area contributed by atoms with Crippen molar-refractivity contribution in [2.75, 3.05) is 17.7 Å². The van der Waals surface area contributed by atoms with Crippen molar-refractivity contribution in [3.63, 3.8) is 0 Å². The van der Waals surface area contributed by atoms with Gasteiger partial charge in [-0.25, -0.2) is 4.68 Å². The van der Waals surface area contributed by atoms with E-state index in [4.69, 9.17) is 4.74 Å². The number of rotatable bonds is 4. The largest absolute Gasteiger partial charge is 0.495 e. The lowest BCUT2D eigenvalue weighted by atomic mass is 9.82. The predicted octanol–water partition coefficient (Wildman–Crippen LogP) is 2.85. The molecule has 0 aliphatic carbocycles. The summed E-state index contributed by atoms with van der Waals surface area (Å²) in [6.45, 7) is 1.52. The number of para-hydroxylation sites is 2. The van der Waals surface area contributed by atoms with Crippen LogP contribution in [0.15, 0.2) is 60.8 Å². The minimum atomic E-state index is -1.69. The van der Waals surface area contributed by atoms with E-state index in [1.807, 2.05) is 30.3 Å². The van der Waals surface area contributed by atoms with Crippen LogP contribution >= 0.6 is 0 Å². The van der Waals surface area contributed by atoms with Crippen molar-refractivity contribution in [1.29, 1.82) is 5.26 Å². The number of carbonyl (C=O) groups excluding carboxylic acids is 1. The summed E-state index contributed by atoms with van der Waals surface area (Å²) in [6.07, 6.45) is 1.37. The quantitative estimate of drug-likeness (QED) is 0.618. The van der Waals surface area contributed by atoms with E-state index in [-0.39, 0.29) is 0 Å². The van der Waals surface area contributed by atoms with Gasteiger partial charge in [-0.1, -0.05) is 42.5 Å². The molecule has 0 saturated heterocycles. The fraction of sp³-hybridized carbons (Fsp3) is 0.227. The summed E-state index contributed by atoms with van der Waals surface area (Å²) in [7, 11) is 1.52. The van der Waals surface area contributed by atoms with Gasteiger partial charge < -0.3 is 20.5 Å². The molecule has 4 rings (SSSR count). The molecule has 1 aliphatic heterocycles. The number of fused-ring (bicyclic) bond motifs is 1. The number of aromatic nitrogens is 2. The molecule has 0 unspecified atom stereocenters. The first kappa shape index (κ1) is 19.5. The van der Waals surface area contributed by atoms with Gasteiger partial charge in [0.15, 0.2) is 5.72 Å². The molecule has 1 amide bonds. The monoisotopic (exact) mass is 403 g/mol. The second-order valence-electron chi connectivity index (χ2n) is 7.22. The van der Waals surface area contributed by atoms with Crippen LogP contribution in [0.4, 0.5) is 11.5 Å². The van der Waals surface area contributed by atoms with Crippen molar-refractivity contribution in [3.8, 4) is 11.8 Å². The Kier molecular flexibility index (Phi) is 4.90. The predicted molar refractivity (Wildman–Crippen MR) is 111 cm³/mol. The summed E-state index contributed by atoms with van der Waals surface area (Å²) in [6, 6.07) is 17.9. The summed E-state index contributed by atoms with van der Waals surface area (Å²) in [4.78, 5) is 13.4. The number of nitriles is 1. The SMILES string of the molecule is COc1ccccc1NC(=O)[C@@H]1[C@@H](c2ccccc2)Nc2c(C#N)cnn2[C@]1(C)O. The lowest BCUT2D eigenvalue weighted by Gasteiger charge is -2.43. The highest BCUT2D eigenvalue weighted by atomic mass is 16.5. The number of methoxy groups -OCH3 is 1. The van der Waals surface area contributed by atoms with E-state index in [0.717, 1.165) is 5.56 Å². The number of hydrogen-bond donors (Lipinski definition) is 3. The molecular weight excluding hydrogens is 382 g/mol. The molecule has 8 heteroatoms. The molecule has 0 spiro atoms. The van der Waals surface area contributed by atoms with Gasteiger partial charge in [0.1, 0.15) is 29.1 Å². The van der Waals surface area contributed by atoms with Gasteiger partial charge in [-0.15, -0.1) is 0 Å². The molecule has 152 valence electrons. The summed E-state index contributed by atoms with van der Waals surface area (Å²) in [5, 5.41) is 31.1. The molecule has 3 aromatic rings. The topological polar surface area (TPSA) is 112 Å². The molecule has 0 radical (unpaired) electrons. The van der Waals surface area contributed by atoms with Crippen molar-refractivity contribution in [1.82, 2.24) is 9.78 Å². The van der Waals surface area contributed by atoms with Gasteiger partial charge in [-0.3, -0.25) is 4.79 Å². The second kappa shape index (κ2) is 7.54. The van der Waals surface area contributed by atoms with Gasteiger partial charge in [-0.05, 0) is 24.6 Å². The van der Waals surface area contributed by atoms with Crippen molar-refractivity contribution in [2.45, 2.75) is 18.7 Å². The van der Waals surface area contributed by atoms with Crippen LogP contribution in [-0.4, -0.2) is 27.9 Å². The highest BCUT2D eigenvalue weighted by molar-refractivity contribution is 5.95.